The molecule has 2 aromatic carbocycles. The van der Waals surface area contributed by atoms with Crippen LogP contribution >= 0.6 is 0 Å². The molecule has 6 heteroatoms. The second-order valence-corrected chi connectivity index (χ2v) is 9.17. The van der Waals surface area contributed by atoms with Crippen LogP contribution in [0.2, 0.25) is 0 Å². The topological polar surface area (TPSA) is 57.1 Å². The fraction of sp³-hybridized carbons (Fsp3) is 0.375. The summed E-state index contributed by atoms with van der Waals surface area (Å²) in [7, 11) is 3.34. The molecule has 30 heavy (non-hydrogen) atoms. The lowest BCUT2D eigenvalue weighted by atomic mass is 9.87. The highest BCUT2D eigenvalue weighted by Gasteiger charge is 2.45. The Balaban J connectivity index is 1.68. The van der Waals surface area contributed by atoms with Crippen LogP contribution in [0.3, 0.4) is 0 Å². The fourth-order valence-corrected chi connectivity index (χ4v) is 5.69. The smallest absolute Gasteiger partial charge is 0.132 e. The van der Waals surface area contributed by atoms with Gasteiger partial charge in [0.2, 0.25) is 0 Å². The molecular formula is C24H28N2O3S. The molecule has 0 radical (unpaired) electrons. The van der Waals surface area contributed by atoms with Gasteiger partial charge in [-0.1, -0.05) is 31.2 Å². The van der Waals surface area contributed by atoms with Crippen molar-refractivity contribution in [2.45, 2.75) is 19.4 Å². The van der Waals surface area contributed by atoms with Gasteiger partial charge in [-0.25, -0.2) is 0 Å². The standard InChI is InChI=1S/C24H28N2O3S/c1-4-13-26-24(18-7-11-21(29-3)12-8-18)22-16-30(27)15-19(23(22)25-26)14-17-5-9-20(28-2)10-6-17/h5-12,14,22,24H,4,13,15-16H2,1-3H3. The summed E-state index contributed by atoms with van der Waals surface area (Å²) in [5.41, 5.74) is 4.42. The molecule has 4 rings (SSSR count). The van der Waals surface area contributed by atoms with Crippen LogP contribution in [-0.2, 0) is 11.2 Å². The first-order valence-electron chi connectivity index (χ1n) is 10.3. The van der Waals surface area contributed by atoms with Crippen molar-refractivity contribution in [1.29, 1.82) is 0 Å². The summed E-state index contributed by atoms with van der Waals surface area (Å²) in [6.45, 7) is 3.04. The van der Waals surface area contributed by atoms with Crippen molar-refractivity contribution in [3.8, 4) is 11.5 Å². The normalized spacial score (nSPS) is 24.5. The predicted molar refractivity (Wildman–Crippen MR) is 123 cm³/mol. The number of rotatable bonds is 6. The van der Waals surface area contributed by atoms with E-state index in [-0.39, 0.29) is 12.0 Å². The predicted octanol–water partition coefficient (Wildman–Crippen LogP) is 4.29. The molecule has 0 N–H and O–H groups in total. The molecule has 1 fully saturated rings. The molecule has 2 aromatic rings. The van der Waals surface area contributed by atoms with E-state index in [0.717, 1.165) is 41.3 Å². The van der Waals surface area contributed by atoms with Crippen molar-refractivity contribution in [2.24, 2.45) is 11.0 Å². The molecular weight excluding hydrogens is 396 g/mol. The third-order valence-electron chi connectivity index (χ3n) is 5.67. The van der Waals surface area contributed by atoms with Crippen molar-refractivity contribution in [3.05, 3.63) is 65.2 Å². The molecule has 0 spiro atoms. The maximum atomic E-state index is 12.8. The van der Waals surface area contributed by atoms with Gasteiger partial charge in [0.1, 0.15) is 23.0 Å². The lowest BCUT2D eigenvalue weighted by Crippen LogP contribution is -2.37. The minimum absolute atomic E-state index is 0.106. The Morgan fingerprint density at radius 1 is 1.07 bits per heavy atom. The average molecular weight is 425 g/mol. The molecule has 0 bridgehead atoms. The number of methoxy groups -OCH3 is 2. The second-order valence-electron chi connectivity index (χ2n) is 7.67. The summed E-state index contributed by atoms with van der Waals surface area (Å²) in [5, 5.41) is 7.22. The average Bonchev–Trinajstić information content (AvgIpc) is 3.12. The van der Waals surface area contributed by atoms with Gasteiger partial charge < -0.3 is 14.0 Å². The summed E-state index contributed by atoms with van der Waals surface area (Å²) in [5.74, 6) is 3.00. The van der Waals surface area contributed by atoms with Crippen LogP contribution in [0.1, 0.15) is 30.5 Å². The fourth-order valence-electron chi connectivity index (χ4n) is 4.25. The van der Waals surface area contributed by atoms with Gasteiger partial charge in [-0.3, -0.25) is 5.01 Å². The van der Waals surface area contributed by atoms with Gasteiger partial charge in [-0.15, -0.1) is 0 Å². The Kier molecular flexibility index (Phi) is 6.35. The van der Waals surface area contributed by atoms with E-state index in [1.807, 2.05) is 36.4 Å². The molecule has 3 unspecified atom stereocenters. The first-order chi connectivity index (χ1) is 14.6. The van der Waals surface area contributed by atoms with E-state index in [1.54, 1.807) is 14.2 Å². The van der Waals surface area contributed by atoms with Crippen molar-refractivity contribution in [2.75, 3.05) is 32.3 Å². The minimum Gasteiger partial charge on any atom is -0.616 e. The molecule has 2 aliphatic rings. The highest BCUT2D eigenvalue weighted by atomic mass is 32.2. The Hall–Kier alpha value is -2.44. The Morgan fingerprint density at radius 3 is 2.30 bits per heavy atom. The summed E-state index contributed by atoms with van der Waals surface area (Å²) >= 11 is -0.905. The second kappa shape index (κ2) is 9.14. The van der Waals surface area contributed by atoms with Crippen LogP contribution < -0.4 is 9.47 Å². The SMILES string of the molecule is CCCN1N=C2C(=Cc3ccc(OC)cc3)C[S+]([O-])CC2C1c1ccc(OC)cc1. The van der Waals surface area contributed by atoms with Crippen molar-refractivity contribution >= 4 is 23.0 Å². The van der Waals surface area contributed by atoms with E-state index < -0.39 is 11.2 Å². The van der Waals surface area contributed by atoms with Crippen LogP contribution in [0.4, 0.5) is 0 Å². The molecule has 0 saturated carbocycles. The molecule has 5 nitrogen and oxygen atoms in total. The van der Waals surface area contributed by atoms with Crippen molar-refractivity contribution in [1.82, 2.24) is 5.01 Å². The van der Waals surface area contributed by atoms with Gasteiger partial charge in [0.15, 0.2) is 0 Å². The zero-order valence-electron chi connectivity index (χ0n) is 17.7. The van der Waals surface area contributed by atoms with E-state index in [4.69, 9.17) is 14.6 Å². The molecule has 0 aliphatic carbocycles. The number of fused-ring (bicyclic) bond motifs is 1. The summed E-state index contributed by atoms with van der Waals surface area (Å²) < 4.78 is 23.4. The van der Waals surface area contributed by atoms with Crippen LogP contribution in [0.25, 0.3) is 6.08 Å². The lowest BCUT2D eigenvalue weighted by molar-refractivity contribution is 0.208. The molecule has 3 atom stereocenters. The number of ether oxygens (including phenoxy) is 2. The largest absolute Gasteiger partial charge is 0.616 e. The van der Waals surface area contributed by atoms with Crippen molar-refractivity contribution < 1.29 is 14.0 Å². The van der Waals surface area contributed by atoms with Gasteiger partial charge in [0, 0.05) is 12.1 Å². The van der Waals surface area contributed by atoms with E-state index >= 15 is 0 Å². The van der Waals surface area contributed by atoms with Gasteiger partial charge in [-0.2, -0.15) is 5.10 Å². The minimum atomic E-state index is -0.905. The molecule has 158 valence electrons. The Bertz CT molecular complexity index is 924. The molecule has 0 aromatic heterocycles. The first-order valence-corrected chi connectivity index (χ1v) is 11.8. The van der Waals surface area contributed by atoms with E-state index in [0.29, 0.717) is 11.5 Å². The van der Waals surface area contributed by atoms with Gasteiger partial charge >= 0.3 is 0 Å². The Morgan fingerprint density at radius 2 is 1.70 bits per heavy atom. The van der Waals surface area contributed by atoms with Gasteiger partial charge in [0.05, 0.1) is 31.9 Å². The third-order valence-corrected chi connectivity index (χ3v) is 7.03. The summed E-state index contributed by atoms with van der Waals surface area (Å²) in [6, 6.07) is 16.3. The van der Waals surface area contributed by atoms with Crippen LogP contribution in [0.15, 0.2) is 59.2 Å². The first kappa shape index (κ1) is 20.8. The zero-order valence-corrected chi connectivity index (χ0v) is 18.5. The maximum absolute atomic E-state index is 12.8. The third kappa shape index (κ3) is 4.20. The van der Waals surface area contributed by atoms with Crippen LogP contribution in [-0.4, -0.2) is 47.5 Å². The summed E-state index contributed by atoms with van der Waals surface area (Å²) in [4.78, 5) is 0. The zero-order chi connectivity index (χ0) is 21.1. The number of benzene rings is 2. The van der Waals surface area contributed by atoms with Crippen LogP contribution in [0.5, 0.6) is 11.5 Å². The molecule has 2 aliphatic heterocycles. The van der Waals surface area contributed by atoms with E-state index in [2.05, 4.69) is 30.1 Å². The number of hydrogen-bond donors (Lipinski definition) is 0. The highest BCUT2D eigenvalue weighted by Crippen LogP contribution is 2.42. The summed E-state index contributed by atoms with van der Waals surface area (Å²) in [6.07, 6.45) is 3.14. The number of hydrogen-bond acceptors (Lipinski definition) is 5. The van der Waals surface area contributed by atoms with Crippen molar-refractivity contribution in [3.63, 3.8) is 0 Å². The number of hydrazone groups is 1. The lowest BCUT2D eigenvalue weighted by Gasteiger charge is -2.31. The molecule has 1 saturated heterocycles. The quantitative estimate of drug-likeness (QED) is 0.649. The molecule has 2 heterocycles. The van der Waals surface area contributed by atoms with E-state index in [1.165, 1.54) is 5.56 Å². The molecule has 0 amide bonds. The van der Waals surface area contributed by atoms with Gasteiger partial charge in [0.25, 0.3) is 0 Å². The maximum Gasteiger partial charge on any atom is 0.132 e. The van der Waals surface area contributed by atoms with Crippen LogP contribution in [0, 0.1) is 5.92 Å². The Labute approximate surface area is 181 Å². The number of nitrogens with zero attached hydrogens (tertiary/aromatic N) is 2. The van der Waals surface area contributed by atoms with Gasteiger partial charge in [-0.05, 0) is 59.1 Å². The monoisotopic (exact) mass is 424 g/mol. The highest BCUT2D eigenvalue weighted by molar-refractivity contribution is 7.91. The van der Waals surface area contributed by atoms with E-state index in [9.17, 15) is 4.55 Å².